The minimum absolute atomic E-state index is 0.630. The van der Waals surface area contributed by atoms with E-state index in [4.69, 9.17) is 4.74 Å². The van der Waals surface area contributed by atoms with E-state index in [1.165, 1.54) is 18.5 Å². The van der Waals surface area contributed by atoms with E-state index in [9.17, 15) is 0 Å². The van der Waals surface area contributed by atoms with Gasteiger partial charge in [-0.05, 0) is 37.6 Å². The van der Waals surface area contributed by atoms with Crippen molar-refractivity contribution in [3.8, 4) is 5.75 Å². The summed E-state index contributed by atoms with van der Waals surface area (Å²) in [7, 11) is 0. The Bertz CT molecular complexity index is 369. The molecule has 0 N–H and O–H groups in total. The highest BCUT2D eigenvalue weighted by Crippen LogP contribution is 2.33. The van der Waals surface area contributed by atoms with Crippen LogP contribution in [0.2, 0.25) is 0 Å². The number of alkyl halides is 1. The number of halogens is 1. The van der Waals surface area contributed by atoms with Gasteiger partial charge in [0.1, 0.15) is 5.75 Å². The van der Waals surface area contributed by atoms with Crippen LogP contribution in [0, 0.1) is 0 Å². The fourth-order valence-electron chi connectivity index (χ4n) is 2.58. The van der Waals surface area contributed by atoms with Gasteiger partial charge >= 0.3 is 0 Å². The molecule has 1 atom stereocenters. The number of nitrogens with zero attached hydrogens (tertiary/aromatic N) is 1. The van der Waals surface area contributed by atoms with Gasteiger partial charge in [0.05, 0.1) is 6.61 Å². The average Bonchev–Trinajstić information content (AvgIpc) is 2.43. The first-order chi connectivity index (χ1) is 8.85. The van der Waals surface area contributed by atoms with Gasteiger partial charge in [-0.25, -0.2) is 0 Å². The normalized spacial score (nSPS) is 18.5. The molecular formula is C15H22BrNO. The van der Waals surface area contributed by atoms with Crippen molar-refractivity contribution in [3.05, 3.63) is 29.8 Å². The quantitative estimate of drug-likeness (QED) is 0.743. The third-order valence-electron chi connectivity index (χ3n) is 3.62. The molecule has 2 rings (SSSR count). The zero-order valence-electron chi connectivity index (χ0n) is 11.1. The van der Waals surface area contributed by atoms with Crippen LogP contribution in [-0.2, 0) is 0 Å². The summed E-state index contributed by atoms with van der Waals surface area (Å²) in [5.41, 5.74) is 1.39. The number of hydrogen-bond donors (Lipinski definition) is 0. The summed E-state index contributed by atoms with van der Waals surface area (Å²) in [5.74, 6) is 1.72. The molecule has 0 spiro atoms. The second-order valence-electron chi connectivity index (χ2n) is 4.81. The van der Waals surface area contributed by atoms with Crippen LogP contribution in [-0.4, -0.2) is 36.5 Å². The van der Waals surface area contributed by atoms with Crippen molar-refractivity contribution in [1.29, 1.82) is 0 Å². The summed E-state index contributed by atoms with van der Waals surface area (Å²) in [6.07, 6.45) is 2.36. The van der Waals surface area contributed by atoms with E-state index in [1.807, 2.05) is 0 Å². The molecule has 1 heterocycles. The van der Waals surface area contributed by atoms with Crippen LogP contribution in [0.4, 0.5) is 0 Å². The van der Waals surface area contributed by atoms with Crippen LogP contribution < -0.4 is 4.74 Å². The van der Waals surface area contributed by atoms with Gasteiger partial charge < -0.3 is 9.64 Å². The van der Waals surface area contributed by atoms with Gasteiger partial charge in [0.2, 0.25) is 0 Å². The van der Waals surface area contributed by atoms with Crippen LogP contribution in [0.25, 0.3) is 0 Å². The number of para-hydroxylation sites is 1. The molecule has 0 saturated heterocycles. The molecular weight excluding hydrogens is 290 g/mol. The lowest BCUT2D eigenvalue weighted by atomic mass is 9.92. The highest BCUT2D eigenvalue weighted by molar-refractivity contribution is 9.09. The van der Waals surface area contributed by atoms with Gasteiger partial charge in [0.25, 0.3) is 0 Å². The van der Waals surface area contributed by atoms with Crippen molar-refractivity contribution in [2.75, 3.05) is 31.6 Å². The van der Waals surface area contributed by atoms with Gasteiger partial charge in [0, 0.05) is 17.8 Å². The lowest BCUT2D eigenvalue weighted by Gasteiger charge is -2.30. The van der Waals surface area contributed by atoms with Crippen molar-refractivity contribution < 1.29 is 4.74 Å². The SMILES string of the molecule is CCN(CCCBr)CC1CCOc2ccccc21. The topological polar surface area (TPSA) is 12.5 Å². The molecule has 1 aromatic carbocycles. The van der Waals surface area contributed by atoms with E-state index >= 15 is 0 Å². The molecule has 1 aliphatic rings. The largest absolute Gasteiger partial charge is 0.493 e. The molecule has 0 aliphatic carbocycles. The maximum Gasteiger partial charge on any atom is 0.122 e. The molecule has 3 heteroatoms. The summed E-state index contributed by atoms with van der Waals surface area (Å²) in [6.45, 7) is 6.58. The Labute approximate surface area is 118 Å². The summed E-state index contributed by atoms with van der Waals surface area (Å²) >= 11 is 3.51. The maximum absolute atomic E-state index is 5.72. The Kier molecular flexibility index (Phi) is 5.51. The number of rotatable bonds is 6. The van der Waals surface area contributed by atoms with E-state index < -0.39 is 0 Å². The van der Waals surface area contributed by atoms with Crippen LogP contribution in [0.3, 0.4) is 0 Å². The standard InChI is InChI=1S/C15H22BrNO/c1-2-17(10-5-9-16)12-13-8-11-18-15-7-4-3-6-14(13)15/h3-4,6-7,13H,2,5,8-12H2,1H3. The fourth-order valence-corrected chi connectivity index (χ4v) is 2.83. The van der Waals surface area contributed by atoms with E-state index in [2.05, 4.69) is 52.0 Å². The number of likely N-dealkylation sites (N-methyl/N-ethyl adjacent to an activating group) is 1. The minimum Gasteiger partial charge on any atom is -0.493 e. The molecule has 1 aromatic rings. The Morgan fingerprint density at radius 1 is 1.39 bits per heavy atom. The highest BCUT2D eigenvalue weighted by atomic mass is 79.9. The van der Waals surface area contributed by atoms with Crippen molar-refractivity contribution >= 4 is 15.9 Å². The predicted molar refractivity (Wildman–Crippen MR) is 79.8 cm³/mol. The maximum atomic E-state index is 5.72. The zero-order chi connectivity index (χ0) is 12.8. The van der Waals surface area contributed by atoms with Gasteiger partial charge in [-0.3, -0.25) is 0 Å². The highest BCUT2D eigenvalue weighted by Gasteiger charge is 2.22. The lowest BCUT2D eigenvalue weighted by molar-refractivity contribution is 0.217. The summed E-state index contributed by atoms with van der Waals surface area (Å²) in [6, 6.07) is 8.49. The van der Waals surface area contributed by atoms with Gasteiger partial charge in [-0.2, -0.15) is 0 Å². The molecule has 0 fully saturated rings. The van der Waals surface area contributed by atoms with Crippen molar-refractivity contribution in [2.45, 2.75) is 25.7 Å². The van der Waals surface area contributed by atoms with Crippen molar-refractivity contribution in [1.82, 2.24) is 4.90 Å². The van der Waals surface area contributed by atoms with Crippen LogP contribution in [0.5, 0.6) is 5.75 Å². The molecule has 0 bridgehead atoms. The average molecular weight is 312 g/mol. The lowest BCUT2D eigenvalue weighted by Crippen LogP contribution is -2.31. The smallest absolute Gasteiger partial charge is 0.122 e. The molecule has 1 aliphatic heterocycles. The van der Waals surface area contributed by atoms with Gasteiger partial charge in [-0.1, -0.05) is 41.1 Å². The van der Waals surface area contributed by atoms with Crippen LogP contribution in [0.1, 0.15) is 31.2 Å². The summed E-state index contributed by atoms with van der Waals surface area (Å²) in [4.78, 5) is 2.55. The molecule has 0 amide bonds. The number of ether oxygens (including phenoxy) is 1. The van der Waals surface area contributed by atoms with E-state index in [0.29, 0.717) is 5.92 Å². The number of fused-ring (bicyclic) bond motifs is 1. The number of benzene rings is 1. The summed E-state index contributed by atoms with van der Waals surface area (Å²) in [5, 5.41) is 1.09. The van der Waals surface area contributed by atoms with Crippen molar-refractivity contribution in [2.24, 2.45) is 0 Å². The first-order valence-corrected chi connectivity index (χ1v) is 7.97. The van der Waals surface area contributed by atoms with Crippen LogP contribution >= 0.6 is 15.9 Å². The molecule has 0 aromatic heterocycles. The molecule has 100 valence electrons. The summed E-state index contributed by atoms with van der Waals surface area (Å²) < 4.78 is 5.72. The molecule has 0 saturated carbocycles. The minimum atomic E-state index is 0.630. The monoisotopic (exact) mass is 311 g/mol. The first kappa shape index (κ1) is 13.9. The fraction of sp³-hybridized carbons (Fsp3) is 0.600. The Morgan fingerprint density at radius 2 is 2.22 bits per heavy atom. The molecule has 18 heavy (non-hydrogen) atoms. The molecule has 1 unspecified atom stereocenters. The van der Waals surface area contributed by atoms with Gasteiger partial charge in [-0.15, -0.1) is 0 Å². The third kappa shape index (κ3) is 3.48. The number of hydrogen-bond acceptors (Lipinski definition) is 2. The second-order valence-corrected chi connectivity index (χ2v) is 5.60. The van der Waals surface area contributed by atoms with Crippen LogP contribution in [0.15, 0.2) is 24.3 Å². The zero-order valence-corrected chi connectivity index (χ0v) is 12.7. The van der Waals surface area contributed by atoms with E-state index in [0.717, 1.165) is 37.2 Å². The Hall–Kier alpha value is -0.540. The second kappa shape index (κ2) is 7.15. The van der Waals surface area contributed by atoms with E-state index in [-0.39, 0.29) is 0 Å². The predicted octanol–water partition coefficient (Wildman–Crippen LogP) is 3.66. The first-order valence-electron chi connectivity index (χ1n) is 6.85. The van der Waals surface area contributed by atoms with Gasteiger partial charge in [0.15, 0.2) is 0 Å². The Morgan fingerprint density at radius 3 is 3.00 bits per heavy atom. The third-order valence-corrected chi connectivity index (χ3v) is 4.18. The molecule has 0 radical (unpaired) electrons. The van der Waals surface area contributed by atoms with Crippen molar-refractivity contribution in [3.63, 3.8) is 0 Å². The van der Waals surface area contributed by atoms with E-state index in [1.54, 1.807) is 0 Å². The Balaban J connectivity index is 2.01. The molecule has 2 nitrogen and oxygen atoms in total.